The fourth-order valence-corrected chi connectivity index (χ4v) is 5.72. The molecule has 0 spiro atoms. The molecule has 0 saturated carbocycles. The molecule has 0 aromatic carbocycles. The van der Waals surface area contributed by atoms with Crippen LogP contribution in [0.3, 0.4) is 0 Å². The number of ether oxygens (including phenoxy) is 1. The van der Waals surface area contributed by atoms with Crippen LogP contribution in [0.15, 0.2) is 36.8 Å². The second kappa shape index (κ2) is 17.4. The molecule has 0 saturated heterocycles. The molecule has 0 aromatic heterocycles. The Bertz CT molecular complexity index is 696. The number of methoxy groups -OCH3 is 1. The normalized spacial score (nSPS) is 16.6. The fraction of sp³-hybridized carbons (Fsp3) is 0.786. The summed E-state index contributed by atoms with van der Waals surface area (Å²) in [5, 5.41) is 0.138. The summed E-state index contributed by atoms with van der Waals surface area (Å²) in [6.07, 6.45) is 4.32. The van der Waals surface area contributed by atoms with Crippen molar-refractivity contribution in [2.45, 2.75) is 105 Å². The molecule has 0 radical (unpaired) electrons. The highest BCUT2D eigenvalue weighted by Gasteiger charge is 2.36. The van der Waals surface area contributed by atoms with Crippen LogP contribution in [-0.4, -0.2) is 64.4 Å². The van der Waals surface area contributed by atoms with Crippen LogP contribution in [0.25, 0.3) is 0 Å². The van der Waals surface area contributed by atoms with Crippen molar-refractivity contribution in [3.8, 4) is 0 Å². The van der Waals surface area contributed by atoms with Gasteiger partial charge in [-0.05, 0) is 24.7 Å². The third kappa shape index (κ3) is 10.1. The van der Waals surface area contributed by atoms with Gasteiger partial charge in [-0.3, -0.25) is 5.84 Å². The van der Waals surface area contributed by atoms with Gasteiger partial charge >= 0.3 is 0 Å². The van der Waals surface area contributed by atoms with Gasteiger partial charge < -0.3 is 14.5 Å². The van der Waals surface area contributed by atoms with Crippen LogP contribution in [0.2, 0.25) is 0 Å². The number of hydrazine groups is 2. The van der Waals surface area contributed by atoms with E-state index in [1.807, 2.05) is 6.92 Å². The largest absolute Gasteiger partial charge is 0.379 e. The zero-order valence-corrected chi connectivity index (χ0v) is 26.0. The number of halogens is 1. The molecule has 4 N–H and O–H groups in total. The van der Waals surface area contributed by atoms with E-state index in [9.17, 15) is 4.48 Å². The molecule has 6 unspecified atom stereocenters. The van der Waals surface area contributed by atoms with Crippen molar-refractivity contribution in [2.75, 3.05) is 20.7 Å². The molecule has 9 heteroatoms. The minimum Gasteiger partial charge on any atom is -0.379 e. The van der Waals surface area contributed by atoms with Crippen LogP contribution in [0.5, 0.6) is 0 Å². The number of nitrogens with two attached hydrogens (primary N) is 2. The van der Waals surface area contributed by atoms with E-state index in [0.717, 1.165) is 43.6 Å². The van der Waals surface area contributed by atoms with E-state index in [1.165, 1.54) is 4.41 Å². The SMILES string of the molecule is C=C(C(C)C(CC)N(CCCC)C(=C)CC(OC)C(C(C)CC)N(C)C(=C)C(C(C)C)N(N)S)N(N)F. The van der Waals surface area contributed by atoms with E-state index in [2.05, 4.69) is 90.9 Å². The van der Waals surface area contributed by atoms with E-state index >= 15 is 0 Å². The van der Waals surface area contributed by atoms with Gasteiger partial charge in [-0.2, -0.15) is 4.41 Å². The van der Waals surface area contributed by atoms with Crippen molar-refractivity contribution in [1.29, 1.82) is 0 Å². The zero-order chi connectivity index (χ0) is 29.0. The number of nitrogens with zero attached hydrogens (tertiary/aromatic N) is 4. The van der Waals surface area contributed by atoms with Gasteiger partial charge in [0.05, 0.1) is 23.9 Å². The topological polar surface area (TPSA) is 74.2 Å². The quantitative estimate of drug-likeness (QED) is 0.0762. The number of hydrogen-bond donors (Lipinski definition) is 3. The van der Waals surface area contributed by atoms with Gasteiger partial charge in [0.15, 0.2) is 0 Å². The third-order valence-electron chi connectivity index (χ3n) is 7.86. The average Bonchev–Trinajstić information content (AvgIpc) is 2.83. The predicted octanol–water partition coefficient (Wildman–Crippen LogP) is 5.90. The second-order valence-corrected chi connectivity index (χ2v) is 11.2. The Morgan fingerprint density at radius 3 is 1.95 bits per heavy atom. The molecule has 0 aromatic rings. The molecule has 6 atom stereocenters. The summed E-state index contributed by atoms with van der Waals surface area (Å²) in [6, 6.07) is -0.0709. The summed E-state index contributed by atoms with van der Waals surface area (Å²) in [4.78, 5) is 4.52. The summed E-state index contributed by atoms with van der Waals surface area (Å²) in [6.45, 7) is 28.5. The Labute approximate surface area is 233 Å². The Kier molecular flexibility index (Phi) is 16.8. The first kappa shape index (κ1) is 35.7. The average molecular weight is 545 g/mol. The summed E-state index contributed by atoms with van der Waals surface area (Å²) in [5.74, 6) is 11.9. The van der Waals surface area contributed by atoms with Crippen molar-refractivity contribution in [3.05, 3.63) is 36.8 Å². The van der Waals surface area contributed by atoms with Gasteiger partial charge in [0.25, 0.3) is 0 Å². The smallest absolute Gasteiger partial charge is 0.0830 e. The molecule has 0 aliphatic carbocycles. The van der Waals surface area contributed by atoms with Crippen LogP contribution in [-0.2, 0) is 4.74 Å². The summed E-state index contributed by atoms with van der Waals surface area (Å²) in [7, 11) is 3.82. The number of likely N-dealkylation sites (N-methyl/N-ethyl adjacent to an activating group) is 1. The van der Waals surface area contributed by atoms with Crippen LogP contribution in [0.4, 0.5) is 4.48 Å². The van der Waals surface area contributed by atoms with E-state index in [1.54, 1.807) is 7.11 Å². The first-order chi connectivity index (χ1) is 17.2. The van der Waals surface area contributed by atoms with Crippen molar-refractivity contribution >= 4 is 12.8 Å². The van der Waals surface area contributed by atoms with Gasteiger partial charge in [-0.25, -0.2) is 5.84 Å². The molecule has 0 bridgehead atoms. The zero-order valence-electron chi connectivity index (χ0n) is 25.1. The summed E-state index contributed by atoms with van der Waals surface area (Å²) in [5.41, 5.74) is 2.13. The number of hydrogen-bond acceptors (Lipinski definition) is 8. The Morgan fingerprint density at radius 2 is 1.57 bits per heavy atom. The molecular weight excluding hydrogens is 487 g/mol. The lowest BCUT2D eigenvalue weighted by atomic mass is 9.88. The minimum absolute atomic E-state index is 0.0147. The van der Waals surface area contributed by atoms with Gasteiger partial charge in [0.2, 0.25) is 0 Å². The van der Waals surface area contributed by atoms with E-state index in [4.69, 9.17) is 16.4 Å². The lowest BCUT2D eigenvalue weighted by Crippen LogP contribution is -2.52. The van der Waals surface area contributed by atoms with Gasteiger partial charge in [0, 0.05) is 50.5 Å². The number of unbranched alkanes of at least 4 members (excludes halogenated alkanes) is 1. The molecular formula is C28H57FN6OS. The number of rotatable bonds is 20. The van der Waals surface area contributed by atoms with Gasteiger partial charge in [-0.15, -0.1) is 5.23 Å². The highest BCUT2D eigenvalue weighted by Crippen LogP contribution is 2.32. The molecule has 0 heterocycles. The molecule has 0 rings (SSSR count). The first-order valence-corrected chi connectivity index (χ1v) is 14.1. The highest BCUT2D eigenvalue weighted by atomic mass is 32.1. The maximum Gasteiger partial charge on any atom is 0.0830 e. The van der Waals surface area contributed by atoms with Crippen molar-refractivity contribution in [2.24, 2.45) is 29.4 Å². The standard InChI is InChI=1S/C28H57FN6OS/c1-13-16-17-33(25(15-3)22(8)23(9)34(29)30)21(7)18-26(36-12)28(20(6)14-2)32(11)24(10)27(19(4)5)35(31)37/h19-20,22,25-28,37H,7,9-10,13-18,30-31H2,1-6,8,11-12H3. The van der Waals surface area contributed by atoms with Gasteiger partial charge in [-0.1, -0.05) is 98.3 Å². The summed E-state index contributed by atoms with van der Waals surface area (Å²) < 4.78 is 21.4. The molecule has 0 fully saturated rings. The van der Waals surface area contributed by atoms with Crippen LogP contribution < -0.4 is 11.7 Å². The molecule has 7 nitrogen and oxygen atoms in total. The monoisotopic (exact) mass is 544 g/mol. The lowest BCUT2D eigenvalue weighted by Gasteiger charge is -2.45. The highest BCUT2D eigenvalue weighted by molar-refractivity contribution is 7.77. The Hall–Kier alpha value is -1.26. The molecule has 0 amide bonds. The van der Waals surface area contributed by atoms with Crippen LogP contribution >= 0.6 is 12.8 Å². The van der Waals surface area contributed by atoms with E-state index in [0.29, 0.717) is 12.3 Å². The van der Waals surface area contributed by atoms with Crippen LogP contribution in [0.1, 0.15) is 80.6 Å². The van der Waals surface area contributed by atoms with Gasteiger partial charge in [0.1, 0.15) is 0 Å². The van der Waals surface area contributed by atoms with Crippen molar-refractivity contribution < 1.29 is 9.22 Å². The maximum atomic E-state index is 13.8. The molecule has 0 aliphatic heterocycles. The lowest BCUT2D eigenvalue weighted by molar-refractivity contribution is 0.000107. The Morgan fingerprint density at radius 1 is 1.00 bits per heavy atom. The van der Waals surface area contributed by atoms with E-state index in [-0.39, 0.29) is 47.0 Å². The third-order valence-corrected chi connectivity index (χ3v) is 8.11. The number of thiol groups is 1. The second-order valence-electron chi connectivity index (χ2n) is 10.7. The van der Waals surface area contributed by atoms with Crippen molar-refractivity contribution in [1.82, 2.24) is 19.4 Å². The first-order valence-electron chi connectivity index (χ1n) is 13.7. The summed E-state index contributed by atoms with van der Waals surface area (Å²) >= 11 is 4.41. The van der Waals surface area contributed by atoms with Crippen molar-refractivity contribution in [3.63, 3.8) is 0 Å². The molecule has 0 aliphatic rings. The van der Waals surface area contributed by atoms with E-state index < -0.39 is 0 Å². The predicted molar refractivity (Wildman–Crippen MR) is 159 cm³/mol. The maximum absolute atomic E-state index is 13.8. The molecule has 218 valence electrons. The Balaban J connectivity index is 6.20. The molecule has 37 heavy (non-hydrogen) atoms. The minimum atomic E-state index is -0.180. The fourth-order valence-electron chi connectivity index (χ4n) is 5.32. The van der Waals surface area contributed by atoms with Crippen LogP contribution in [0, 0.1) is 17.8 Å².